The van der Waals surface area contributed by atoms with E-state index in [1.54, 1.807) is 0 Å². The minimum Gasteiger partial charge on any atom is -1.00 e. The van der Waals surface area contributed by atoms with Gasteiger partial charge in [-0.05, 0) is 12.1 Å². The first-order chi connectivity index (χ1) is 8.67. The molecule has 0 aliphatic rings. The van der Waals surface area contributed by atoms with Crippen LogP contribution in [0, 0.1) is 0 Å². The molecule has 1 rings (SSSR count). The molecule has 0 fully saturated rings. The lowest BCUT2D eigenvalue weighted by molar-refractivity contribution is -0.870. The molecule has 0 unspecified atom stereocenters. The highest BCUT2D eigenvalue weighted by molar-refractivity contribution is 5.45. The lowest BCUT2D eigenvalue weighted by Crippen LogP contribution is -3.00. The van der Waals surface area contributed by atoms with Crippen LogP contribution >= 0.6 is 0 Å². The summed E-state index contributed by atoms with van der Waals surface area (Å²) in [6.07, 6.45) is 0. The van der Waals surface area contributed by atoms with Gasteiger partial charge in [0.05, 0.1) is 68.5 Å². The van der Waals surface area contributed by atoms with Crippen LogP contribution in [-0.4, -0.2) is 77.4 Å². The Kier molecular flexibility index (Phi) is 11.5. The van der Waals surface area contributed by atoms with Crippen molar-refractivity contribution in [2.75, 3.05) is 73.4 Å². The van der Waals surface area contributed by atoms with E-state index < -0.39 is 0 Å². The van der Waals surface area contributed by atoms with E-state index in [1.807, 2.05) is 0 Å². The molecule has 3 nitrogen and oxygen atoms in total. The summed E-state index contributed by atoms with van der Waals surface area (Å²) >= 11 is 0. The average molecular weight is 519 g/mol. The van der Waals surface area contributed by atoms with E-state index in [0.29, 0.717) is 0 Å². The second kappa shape index (κ2) is 10.2. The van der Waals surface area contributed by atoms with Crippen molar-refractivity contribution in [1.82, 2.24) is 0 Å². The van der Waals surface area contributed by atoms with Gasteiger partial charge in [0, 0.05) is 5.69 Å². The zero-order chi connectivity index (χ0) is 14.5. The van der Waals surface area contributed by atoms with E-state index in [9.17, 15) is 0 Å². The van der Waals surface area contributed by atoms with Gasteiger partial charge in [-0.15, -0.1) is 0 Å². The summed E-state index contributed by atoms with van der Waals surface area (Å²) in [5.74, 6) is 0. The highest BCUT2D eigenvalue weighted by Gasteiger charge is 2.15. The summed E-state index contributed by atoms with van der Waals surface area (Å²) in [6, 6.07) is 10.8. The molecule has 5 heteroatoms. The number of benzene rings is 1. The zero-order valence-corrected chi connectivity index (χ0v) is 18.6. The van der Waals surface area contributed by atoms with Crippen molar-refractivity contribution in [2.45, 2.75) is 0 Å². The number of hydrogen-bond donors (Lipinski definition) is 0. The van der Waals surface area contributed by atoms with Crippen LogP contribution in [0.1, 0.15) is 0 Å². The number of rotatable bonds is 7. The van der Waals surface area contributed by atoms with Gasteiger partial charge in [-0.3, -0.25) is 0 Å². The Hall–Kier alpha value is 0.400. The van der Waals surface area contributed by atoms with Crippen LogP contribution in [0.4, 0.5) is 5.69 Å². The maximum Gasteiger partial charge on any atom is 0.0958 e. The number of anilines is 1. The topological polar surface area (TPSA) is 3.24 Å². The molecule has 124 valence electrons. The van der Waals surface area contributed by atoms with E-state index in [1.165, 1.54) is 5.69 Å². The van der Waals surface area contributed by atoms with Crippen LogP contribution in [-0.2, 0) is 0 Å². The average Bonchev–Trinajstić information content (AvgIpc) is 2.27. The molecule has 0 bridgehead atoms. The number of quaternary nitrogens is 2. The number of hydrogen-bond acceptors (Lipinski definition) is 1. The van der Waals surface area contributed by atoms with Gasteiger partial charge < -0.3 is 61.8 Å². The lowest BCUT2D eigenvalue weighted by atomic mass is 10.2. The summed E-state index contributed by atoms with van der Waals surface area (Å²) < 4.78 is 2.02. The van der Waals surface area contributed by atoms with Gasteiger partial charge in [0.15, 0.2) is 0 Å². The van der Waals surface area contributed by atoms with Crippen molar-refractivity contribution < 1.29 is 56.9 Å². The molecule has 0 saturated heterocycles. The molecule has 0 radical (unpaired) electrons. The number of nitrogens with zero attached hydrogens (tertiary/aromatic N) is 3. The first-order valence-corrected chi connectivity index (χ1v) is 7.08. The fraction of sp³-hybridized carbons (Fsp3) is 0.625. The van der Waals surface area contributed by atoms with Gasteiger partial charge in [0.25, 0.3) is 0 Å². The van der Waals surface area contributed by atoms with Crippen LogP contribution in [0.25, 0.3) is 0 Å². The molecule has 0 atom stereocenters. The highest BCUT2D eigenvalue weighted by Crippen LogP contribution is 2.13. The van der Waals surface area contributed by atoms with Crippen LogP contribution < -0.4 is 52.9 Å². The lowest BCUT2D eigenvalue weighted by Gasteiger charge is -2.33. The summed E-state index contributed by atoms with van der Waals surface area (Å²) in [6.45, 7) is 4.53. The fourth-order valence-corrected chi connectivity index (χ4v) is 1.85. The van der Waals surface area contributed by atoms with Gasteiger partial charge in [-0.1, -0.05) is 18.2 Å². The van der Waals surface area contributed by atoms with E-state index in [-0.39, 0.29) is 48.0 Å². The van der Waals surface area contributed by atoms with E-state index >= 15 is 0 Å². The number of para-hydroxylation sites is 1. The molecule has 0 N–H and O–H groups in total. The van der Waals surface area contributed by atoms with Crippen molar-refractivity contribution in [2.24, 2.45) is 0 Å². The molecule has 0 saturated carbocycles. The molecule has 0 spiro atoms. The van der Waals surface area contributed by atoms with Crippen LogP contribution in [0.2, 0.25) is 0 Å². The molecule has 0 heterocycles. The Morgan fingerprint density at radius 2 is 1.10 bits per heavy atom. The molecule has 0 aliphatic carbocycles. The third-order valence-electron chi connectivity index (χ3n) is 3.20. The predicted molar refractivity (Wildman–Crippen MR) is 84.5 cm³/mol. The molecule has 0 aliphatic heterocycles. The van der Waals surface area contributed by atoms with Gasteiger partial charge in [-0.25, -0.2) is 0 Å². The SMILES string of the molecule is C[N+](C)(C)CCN(CC[N+](C)(C)C)c1ccccc1.[I-].[I-]. The first kappa shape index (κ1) is 23.7. The molecular weight excluding hydrogens is 488 g/mol. The molecule has 0 aromatic heterocycles. The van der Waals surface area contributed by atoms with Crippen LogP contribution in [0.15, 0.2) is 30.3 Å². The summed E-state index contributed by atoms with van der Waals surface area (Å²) in [7, 11) is 13.5. The molecular formula is C16H31I2N3. The third-order valence-corrected chi connectivity index (χ3v) is 3.20. The zero-order valence-electron chi connectivity index (χ0n) is 14.3. The normalized spacial score (nSPS) is 11.3. The van der Waals surface area contributed by atoms with Gasteiger partial charge in [-0.2, -0.15) is 0 Å². The number of likely N-dealkylation sites (N-methyl/N-ethyl adjacent to an activating group) is 2. The standard InChI is InChI=1S/C16H31N3.2HI/c1-18(2,3)14-12-17(13-15-19(4,5)6)16-10-8-7-9-11-16;;/h7-11H,12-15H2,1-6H3;2*1H/q+2;;/p-2. The van der Waals surface area contributed by atoms with Crippen molar-refractivity contribution >= 4 is 5.69 Å². The Labute approximate surface area is 165 Å². The third kappa shape index (κ3) is 11.6. The van der Waals surface area contributed by atoms with Gasteiger partial charge in [0.2, 0.25) is 0 Å². The minimum absolute atomic E-state index is 0. The fourth-order valence-electron chi connectivity index (χ4n) is 1.85. The second-order valence-corrected chi connectivity index (χ2v) is 7.35. The Morgan fingerprint density at radius 1 is 0.714 bits per heavy atom. The summed E-state index contributed by atoms with van der Waals surface area (Å²) in [4.78, 5) is 2.51. The minimum atomic E-state index is 0. The van der Waals surface area contributed by atoms with Crippen molar-refractivity contribution in [3.05, 3.63) is 30.3 Å². The van der Waals surface area contributed by atoms with Gasteiger partial charge in [0.1, 0.15) is 0 Å². The highest BCUT2D eigenvalue weighted by atomic mass is 127. The first-order valence-electron chi connectivity index (χ1n) is 7.08. The Balaban J connectivity index is 0. The van der Waals surface area contributed by atoms with Crippen molar-refractivity contribution in [3.63, 3.8) is 0 Å². The Bertz CT molecular complexity index is 351. The largest absolute Gasteiger partial charge is 1.00 e. The molecule has 0 amide bonds. The quantitative estimate of drug-likeness (QED) is 0.262. The Morgan fingerprint density at radius 3 is 1.43 bits per heavy atom. The van der Waals surface area contributed by atoms with E-state index in [4.69, 9.17) is 0 Å². The van der Waals surface area contributed by atoms with Gasteiger partial charge >= 0.3 is 0 Å². The second-order valence-electron chi connectivity index (χ2n) is 7.35. The van der Waals surface area contributed by atoms with E-state index in [2.05, 4.69) is 77.5 Å². The summed E-state index contributed by atoms with van der Waals surface area (Å²) in [5, 5.41) is 0. The smallest absolute Gasteiger partial charge is 0.0958 e. The van der Waals surface area contributed by atoms with Crippen LogP contribution in [0.3, 0.4) is 0 Å². The van der Waals surface area contributed by atoms with Crippen molar-refractivity contribution in [1.29, 1.82) is 0 Å². The van der Waals surface area contributed by atoms with E-state index in [0.717, 1.165) is 35.1 Å². The monoisotopic (exact) mass is 519 g/mol. The predicted octanol–water partition coefficient (Wildman–Crippen LogP) is -4.09. The van der Waals surface area contributed by atoms with Crippen molar-refractivity contribution in [3.8, 4) is 0 Å². The maximum atomic E-state index is 2.51. The molecule has 1 aromatic rings. The molecule has 1 aromatic carbocycles. The van der Waals surface area contributed by atoms with Crippen LogP contribution in [0.5, 0.6) is 0 Å². The summed E-state index contributed by atoms with van der Waals surface area (Å²) in [5.41, 5.74) is 1.34. The maximum absolute atomic E-state index is 2.51. The molecule has 21 heavy (non-hydrogen) atoms. The number of halogens is 2.